The second-order valence-corrected chi connectivity index (χ2v) is 4.72. The van der Waals surface area contributed by atoms with Crippen molar-refractivity contribution >= 4 is 17.5 Å². The van der Waals surface area contributed by atoms with E-state index in [-0.39, 0.29) is 5.69 Å². The number of nitrogens with zero attached hydrogens (tertiary/aromatic N) is 1. The zero-order chi connectivity index (χ0) is 14.4. The smallest absolute Gasteiger partial charge is 0.411 e. The van der Waals surface area contributed by atoms with E-state index in [0.717, 1.165) is 25.9 Å². The summed E-state index contributed by atoms with van der Waals surface area (Å²) in [5, 5.41) is 16.4. The zero-order valence-electron chi connectivity index (χ0n) is 11.0. The molecule has 108 valence electrons. The molecule has 1 aliphatic rings. The predicted octanol–water partition coefficient (Wildman–Crippen LogP) is 2.14. The van der Waals surface area contributed by atoms with Crippen molar-refractivity contribution < 1.29 is 14.5 Å². The average molecular weight is 279 g/mol. The Kier molecular flexibility index (Phi) is 4.89. The number of nitro groups is 1. The van der Waals surface area contributed by atoms with Crippen molar-refractivity contribution in [1.29, 1.82) is 0 Å². The predicted molar refractivity (Wildman–Crippen MR) is 73.7 cm³/mol. The van der Waals surface area contributed by atoms with E-state index in [1.165, 1.54) is 18.2 Å². The van der Waals surface area contributed by atoms with Gasteiger partial charge in [0.2, 0.25) is 0 Å². The molecule has 0 radical (unpaired) electrons. The van der Waals surface area contributed by atoms with Crippen molar-refractivity contribution in [1.82, 2.24) is 5.32 Å². The molecular weight excluding hydrogens is 262 g/mol. The highest BCUT2D eigenvalue weighted by molar-refractivity contribution is 5.85. The van der Waals surface area contributed by atoms with Gasteiger partial charge in [-0.05, 0) is 37.9 Å². The van der Waals surface area contributed by atoms with Gasteiger partial charge in [-0.15, -0.1) is 0 Å². The lowest BCUT2D eigenvalue weighted by Gasteiger charge is -2.22. The van der Waals surface area contributed by atoms with Crippen LogP contribution in [0.5, 0.6) is 0 Å². The lowest BCUT2D eigenvalue weighted by Crippen LogP contribution is -2.31. The third-order valence-electron chi connectivity index (χ3n) is 3.21. The molecule has 0 atom stereocenters. The Morgan fingerprint density at radius 2 is 2.20 bits per heavy atom. The number of benzene rings is 1. The van der Waals surface area contributed by atoms with Crippen molar-refractivity contribution in [2.24, 2.45) is 5.92 Å². The van der Waals surface area contributed by atoms with Crippen LogP contribution in [-0.4, -0.2) is 30.7 Å². The molecule has 1 aromatic carbocycles. The number of nitrogens with one attached hydrogen (secondary N) is 2. The quantitative estimate of drug-likeness (QED) is 0.650. The maximum atomic E-state index is 11.6. The van der Waals surface area contributed by atoms with Gasteiger partial charge in [0.15, 0.2) is 0 Å². The Morgan fingerprint density at radius 1 is 1.45 bits per heavy atom. The average Bonchev–Trinajstić information content (AvgIpc) is 2.46. The minimum Gasteiger partial charge on any atom is -0.449 e. The van der Waals surface area contributed by atoms with Crippen LogP contribution < -0.4 is 10.6 Å². The number of carbonyl (C=O) groups excluding carboxylic acids is 1. The highest BCUT2D eigenvalue weighted by atomic mass is 16.6. The second kappa shape index (κ2) is 6.85. The topological polar surface area (TPSA) is 93.5 Å². The molecule has 1 fully saturated rings. The summed E-state index contributed by atoms with van der Waals surface area (Å²) in [6, 6.07) is 5.76. The lowest BCUT2D eigenvalue weighted by atomic mass is 9.99. The van der Waals surface area contributed by atoms with Gasteiger partial charge in [0.1, 0.15) is 0 Å². The number of non-ortho nitro benzene ring substituents is 1. The Bertz CT molecular complexity index is 486. The maximum absolute atomic E-state index is 11.6. The first-order valence-corrected chi connectivity index (χ1v) is 6.54. The molecule has 20 heavy (non-hydrogen) atoms. The number of carbonyl (C=O) groups is 1. The summed E-state index contributed by atoms with van der Waals surface area (Å²) >= 11 is 0. The van der Waals surface area contributed by atoms with Gasteiger partial charge in [-0.2, -0.15) is 0 Å². The fourth-order valence-corrected chi connectivity index (χ4v) is 2.09. The number of nitro benzene ring substituents is 1. The Morgan fingerprint density at radius 3 is 2.90 bits per heavy atom. The molecule has 0 saturated carbocycles. The number of amides is 1. The molecule has 0 unspecified atom stereocenters. The van der Waals surface area contributed by atoms with Crippen molar-refractivity contribution in [2.75, 3.05) is 25.0 Å². The zero-order valence-corrected chi connectivity index (χ0v) is 11.0. The molecule has 1 amide bonds. The van der Waals surface area contributed by atoms with Gasteiger partial charge in [0.05, 0.1) is 17.2 Å². The molecule has 2 rings (SSSR count). The third kappa shape index (κ3) is 4.20. The fourth-order valence-electron chi connectivity index (χ4n) is 2.09. The number of ether oxygens (including phenoxy) is 1. The summed E-state index contributed by atoms with van der Waals surface area (Å²) in [4.78, 5) is 21.7. The lowest BCUT2D eigenvalue weighted by molar-refractivity contribution is -0.384. The van der Waals surface area contributed by atoms with Crippen molar-refractivity contribution in [3.8, 4) is 0 Å². The molecule has 0 spiro atoms. The van der Waals surface area contributed by atoms with Crippen LogP contribution in [0.25, 0.3) is 0 Å². The monoisotopic (exact) mass is 279 g/mol. The van der Waals surface area contributed by atoms with Crippen LogP contribution in [0.1, 0.15) is 12.8 Å². The summed E-state index contributed by atoms with van der Waals surface area (Å²) in [7, 11) is 0. The van der Waals surface area contributed by atoms with Crippen LogP contribution in [0, 0.1) is 16.0 Å². The first kappa shape index (κ1) is 14.3. The van der Waals surface area contributed by atoms with E-state index < -0.39 is 11.0 Å². The summed E-state index contributed by atoms with van der Waals surface area (Å²) in [6.45, 7) is 2.27. The van der Waals surface area contributed by atoms with E-state index in [2.05, 4.69) is 10.6 Å². The Labute approximate surface area is 116 Å². The normalized spacial score (nSPS) is 15.6. The largest absolute Gasteiger partial charge is 0.449 e. The van der Waals surface area contributed by atoms with Gasteiger partial charge in [-0.25, -0.2) is 4.79 Å². The van der Waals surface area contributed by atoms with Crippen LogP contribution in [0.3, 0.4) is 0 Å². The SMILES string of the molecule is O=C(Nc1cccc([N+](=O)[O-])c1)OCC1CCNCC1. The van der Waals surface area contributed by atoms with Gasteiger partial charge in [-0.1, -0.05) is 6.07 Å². The minimum absolute atomic E-state index is 0.0684. The molecule has 1 aromatic rings. The number of hydrogen-bond acceptors (Lipinski definition) is 5. The van der Waals surface area contributed by atoms with E-state index in [1.807, 2.05) is 0 Å². The highest BCUT2D eigenvalue weighted by Crippen LogP contribution is 2.17. The van der Waals surface area contributed by atoms with E-state index in [0.29, 0.717) is 18.2 Å². The molecule has 7 nitrogen and oxygen atoms in total. The molecule has 1 heterocycles. The third-order valence-corrected chi connectivity index (χ3v) is 3.21. The minimum atomic E-state index is -0.580. The van der Waals surface area contributed by atoms with Gasteiger partial charge in [-0.3, -0.25) is 15.4 Å². The van der Waals surface area contributed by atoms with Crippen LogP contribution in [0.15, 0.2) is 24.3 Å². The summed E-state index contributed by atoms with van der Waals surface area (Å²) < 4.78 is 5.14. The van der Waals surface area contributed by atoms with Gasteiger partial charge < -0.3 is 10.1 Å². The van der Waals surface area contributed by atoms with Gasteiger partial charge in [0, 0.05) is 12.1 Å². The van der Waals surface area contributed by atoms with Crippen molar-refractivity contribution in [3.05, 3.63) is 34.4 Å². The van der Waals surface area contributed by atoms with E-state index in [9.17, 15) is 14.9 Å². The molecule has 0 aromatic heterocycles. The summed E-state index contributed by atoms with van der Waals surface area (Å²) in [5.41, 5.74) is 0.288. The summed E-state index contributed by atoms with van der Waals surface area (Å²) in [6.07, 6.45) is 1.40. The summed E-state index contributed by atoms with van der Waals surface area (Å²) in [5.74, 6) is 0.382. The number of rotatable bonds is 4. The van der Waals surface area contributed by atoms with Gasteiger partial charge in [0.25, 0.3) is 5.69 Å². The van der Waals surface area contributed by atoms with E-state index >= 15 is 0 Å². The van der Waals surface area contributed by atoms with Crippen LogP contribution >= 0.6 is 0 Å². The number of anilines is 1. The Balaban J connectivity index is 1.81. The molecular formula is C13H17N3O4. The fraction of sp³-hybridized carbons (Fsp3) is 0.462. The molecule has 0 bridgehead atoms. The maximum Gasteiger partial charge on any atom is 0.411 e. The van der Waals surface area contributed by atoms with E-state index in [1.54, 1.807) is 6.07 Å². The standard InChI is InChI=1S/C13H17N3O4/c17-13(20-9-10-4-6-14-7-5-10)15-11-2-1-3-12(8-11)16(18)19/h1-3,8,10,14H,4-7,9H2,(H,15,17). The molecule has 1 aliphatic heterocycles. The van der Waals surface area contributed by atoms with E-state index in [4.69, 9.17) is 4.74 Å². The second-order valence-electron chi connectivity index (χ2n) is 4.72. The molecule has 7 heteroatoms. The first-order chi connectivity index (χ1) is 9.65. The van der Waals surface area contributed by atoms with Crippen LogP contribution in [0.4, 0.5) is 16.2 Å². The van der Waals surface area contributed by atoms with Crippen molar-refractivity contribution in [2.45, 2.75) is 12.8 Å². The molecule has 1 saturated heterocycles. The van der Waals surface area contributed by atoms with Crippen LogP contribution in [0.2, 0.25) is 0 Å². The first-order valence-electron chi connectivity index (χ1n) is 6.54. The molecule has 2 N–H and O–H groups in total. The van der Waals surface area contributed by atoms with Crippen LogP contribution in [-0.2, 0) is 4.74 Å². The number of piperidine rings is 1. The number of hydrogen-bond donors (Lipinski definition) is 2. The highest BCUT2D eigenvalue weighted by Gasteiger charge is 2.15. The molecule has 0 aliphatic carbocycles. The van der Waals surface area contributed by atoms with Crippen molar-refractivity contribution in [3.63, 3.8) is 0 Å². The Hall–Kier alpha value is -2.15. The van der Waals surface area contributed by atoms with Gasteiger partial charge >= 0.3 is 6.09 Å².